The molecule has 17 heavy (non-hydrogen) atoms. The molecule has 0 amide bonds. The van der Waals surface area contributed by atoms with Crippen LogP contribution in [0.4, 0.5) is 5.95 Å². The van der Waals surface area contributed by atoms with Crippen LogP contribution in [0, 0.1) is 0 Å². The Bertz CT molecular complexity index is 475. The molecule has 1 aliphatic rings. The molecule has 7 heteroatoms. The average Bonchev–Trinajstić information content (AvgIpc) is 3.00. The zero-order chi connectivity index (χ0) is 11.7. The summed E-state index contributed by atoms with van der Waals surface area (Å²) in [6.45, 7) is 4.99. The van der Waals surface area contributed by atoms with Crippen LogP contribution < -0.4 is 10.2 Å². The van der Waals surface area contributed by atoms with Gasteiger partial charge in [0.25, 0.3) is 0 Å². The third kappa shape index (κ3) is 2.01. The van der Waals surface area contributed by atoms with E-state index in [0.717, 1.165) is 37.1 Å². The van der Waals surface area contributed by atoms with Crippen molar-refractivity contribution < 1.29 is 0 Å². The van der Waals surface area contributed by atoms with Crippen molar-refractivity contribution in [1.82, 2.24) is 30.7 Å². The average molecular weight is 233 g/mol. The minimum Gasteiger partial charge on any atom is -0.337 e. The molecule has 3 heterocycles. The Morgan fingerprint density at radius 3 is 3.12 bits per heavy atom. The van der Waals surface area contributed by atoms with Crippen molar-refractivity contribution >= 4 is 5.95 Å². The Kier molecular flexibility index (Phi) is 2.52. The highest BCUT2D eigenvalue weighted by molar-refractivity contribution is 5.50. The van der Waals surface area contributed by atoms with Gasteiger partial charge >= 0.3 is 0 Å². The molecule has 3 rings (SSSR count). The van der Waals surface area contributed by atoms with Crippen LogP contribution in [0.2, 0.25) is 0 Å². The maximum atomic E-state index is 4.47. The fraction of sp³-hybridized carbons (Fsp3) is 0.500. The normalized spacial score (nSPS) is 20.8. The second kappa shape index (κ2) is 4.17. The molecule has 0 aliphatic carbocycles. The highest BCUT2D eigenvalue weighted by Crippen LogP contribution is 2.15. The van der Waals surface area contributed by atoms with Crippen LogP contribution in [0.25, 0.3) is 11.5 Å². The van der Waals surface area contributed by atoms with Gasteiger partial charge in [-0.3, -0.25) is 10.2 Å². The summed E-state index contributed by atoms with van der Waals surface area (Å²) < 4.78 is 0. The predicted molar refractivity (Wildman–Crippen MR) is 63.6 cm³/mol. The van der Waals surface area contributed by atoms with Gasteiger partial charge in [0.15, 0.2) is 5.82 Å². The van der Waals surface area contributed by atoms with Gasteiger partial charge in [0.1, 0.15) is 5.69 Å². The summed E-state index contributed by atoms with van der Waals surface area (Å²) >= 11 is 0. The molecule has 0 aromatic carbocycles. The lowest BCUT2D eigenvalue weighted by atomic mass is 10.2. The third-order valence-corrected chi connectivity index (χ3v) is 2.88. The molecular weight excluding hydrogens is 218 g/mol. The lowest BCUT2D eigenvalue weighted by Crippen LogP contribution is -2.49. The van der Waals surface area contributed by atoms with Gasteiger partial charge in [-0.25, -0.2) is 0 Å². The molecule has 2 aromatic heterocycles. The number of hydrogen-bond acceptors (Lipinski definition) is 5. The molecule has 1 atom stereocenters. The summed E-state index contributed by atoms with van der Waals surface area (Å²) in [5.74, 6) is 1.48. The summed E-state index contributed by atoms with van der Waals surface area (Å²) in [5.41, 5.74) is 0.854. The number of anilines is 1. The third-order valence-electron chi connectivity index (χ3n) is 2.88. The zero-order valence-corrected chi connectivity index (χ0v) is 9.64. The smallest absolute Gasteiger partial charge is 0.245 e. The Morgan fingerprint density at radius 2 is 2.35 bits per heavy atom. The number of H-pyrrole nitrogens is 2. The maximum Gasteiger partial charge on any atom is 0.245 e. The summed E-state index contributed by atoms with van der Waals surface area (Å²) in [7, 11) is 0. The standard InChI is InChI=1S/C10H15N7/c1-7-6-17(5-4-11-7)10-13-9(15-16-10)8-2-3-12-14-8/h2-3,7,11H,4-6H2,1H3,(H,12,14)(H,13,15,16)/t7-/m0/s1. The van der Waals surface area contributed by atoms with E-state index in [1.54, 1.807) is 6.20 Å². The largest absolute Gasteiger partial charge is 0.337 e. The first kappa shape index (κ1) is 10.3. The van der Waals surface area contributed by atoms with Gasteiger partial charge < -0.3 is 10.2 Å². The number of nitrogens with zero attached hydrogens (tertiary/aromatic N) is 4. The second-order valence-electron chi connectivity index (χ2n) is 4.26. The number of aromatic nitrogens is 5. The number of nitrogens with one attached hydrogen (secondary N) is 3. The van der Waals surface area contributed by atoms with E-state index in [2.05, 4.69) is 42.5 Å². The quantitative estimate of drug-likeness (QED) is 0.679. The minimum absolute atomic E-state index is 0.470. The molecule has 90 valence electrons. The number of aromatic amines is 2. The minimum atomic E-state index is 0.470. The molecule has 0 saturated carbocycles. The van der Waals surface area contributed by atoms with E-state index in [1.165, 1.54) is 0 Å². The number of hydrogen-bond donors (Lipinski definition) is 3. The lowest BCUT2D eigenvalue weighted by molar-refractivity contribution is 0.480. The van der Waals surface area contributed by atoms with Crippen molar-refractivity contribution in [2.24, 2.45) is 0 Å². The molecule has 1 fully saturated rings. The molecule has 7 nitrogen and oxygen atoms in total. The molecule has 2 aromatic rings. The highest BCUT2D eigenvalue weighted by atomic mass is 15.4. The van der Waals surface area contributed by atoms with Gasteiger partial charge in [0, 0.05) is 31.9 Å². The van der Waals surface area contributed by atoms with Gasteiger partial charge in [-0.15, -0.1) is 5.10 Å². The van der Waals surface area contributed by atoms with E-state index < -0.39 is 0 Å². The molecule has 1 saturated heterocycles. The molecule has 0 bridgehead atoms. The van der Waals surface area contributed by atoms with Crippen LogP contribution in [0.5, 0.6) is 0 Å². The van der Waals surface area contributed by atoms with Gasteiger partial charge in [-0.05, 0) is 13.0 Å². The summed E-state index contributed by atoms with van der Waals surface area (Å²) in [4.78, 5) is 6.65. The molecule has 3 N–H and O–H groups in total. The van der Waals surface area contributed by atoms with Crippen molar-refractivity contribution in [2.45, 2.75) is 13.0 Å². The van der Waals surface area contributed by atoms with Crippen LogP contribution in [0.15, 0.2) is 12.3 Å². The Labute approximate surface area is 98.6 Å². The highest BCUT2D eigenvalue weighted by Gasteiger charge is 2.19. The molecule has 0 unspecified atom stereocenters. The summed E-state index contributed by atoms with van der Waals surface area (Å²) in [5, 5.41) is 17.3. The fourth-order valence-corrected chi connectivity index (χ4v) is 2.02. The van der Waals surface area contributed by atoms with Crippen LogP contribution in [0.3, 0.4) is 0 Å². The molecule has 0 radical (unpaired) electrons. The van der Waals surface area contributed by atoms with Crippen molar-refractivity contribution in [2.75, 3.05) is 24.5 Å². The fourth-order valence-electron chi connectivity index (χ4n) is 2.02. The number of rotatable bonds is 2. The van der Waals surface area contributed by atoms with E-state index in [1.807, 2.05) is 6.07 Å². The first-order chi connectivity index (χ1) is 8.33. The number of piperazine rings is 1. The Hall–Kier alpha value is -1.89. The van der Waals surface area contributed by atoms with Gasteiger partial charge in [-0.2, -0.15) is 10.1 Å². The van der Waals surface area contributed by atoms with E-state index in [0.29, 0.717) is 6.04 Å². The Morgan fingerprint density at radius 1 is 1.41 bits per heavy atom. The second-order valence-corrected chi connectivity index (χ2v) is 4.26. The van der Waals surface area contributed by atoms with Crippen LogP contribution >= 0.6 is 0 Å². The van der Waals surface area contributed by atoms with Crippen LogP contribution in [0.1, 0.15) is 6.92 Å². The molecule has 0 spiro atoms. The first-order valence-corrected chi connectivity index (χ1v) is 5.73. The first-order valence-electron chi connectivity index (χ1n) is 5.73. The topological polar surface area (TPSA) is 85.5 Å². The van der Waals surface area contributed by atoms with Crippen LogP contribution in [-0.4, -0.2) is 51.1 Å². The van der Waals surface area contributed by atoms with Gasteiger partial charge in [-0.1, -0.05) is 0 Å². The van der Waals surface area contributed by atoms with E-state index in [9.17, 15) is 0 Å². The van der Waals surface area contributed by atoms with Crippen molar-refractivity contribution in [3.63, 3.8) is 0 Å². The van der Waals surface area contributed by atoms with E-state index >= 15 is 0 Å². The monoisotopic (exact) mass is 233 g/mol. The molecular formula is C10H15N7. The Balaban J connectivity index is 1.80. The van der Waals surface area contributed by atoms with Crippen molar-refractivity contribution in [3.05, 3.63) is 12.3 Å². The maximum absolute atomic E-state index is 4.47. The lowest BCUT2D eigenvalue weighted by Gasteiger charge is -2.30. The van der Waals surface area contributed by atoms with Crippen molar-refractivity contribution in [1.29, 1.82) is 0 Å². The van der Waals surface area contributed by atoms with Crippen LogP contribution in [-0.2, 0) is 0 Å². The zero-order valence-electron chi connectivity index (χ0n) is 9.64. The van der Waals surface area contributed by atoms with E-state index in [4.69, 9.17) is 0 Å². The SMILES string of the molecule is C[C@H]1CN(c2n[nH]c(-c3ccn[nH]3)n2)CCN1. The predicted octanol–water partition coefficient (Wildman–Crippen LogP) is -0.00710. The summed E-state index contributed by atoms with van der Waals surface area (Å²) in [6, 6.07) is 2.34. The summed E-state index contributed by atoms with van der Waals surface area (Å²) in [6.07, 6.45) is 1.70. The van der Waals surface area contributed by atoms with Gasteiger partial charge in [0.05, 0.1) is 0 Å². The van der Waals surface area contributed by atoms with Crippen molar-refractivity contribution in [3.8, 4) is 11.5 Å². The van der Waals surface area contributed by atoms with Gasteiger partial charge in [0.2, 0.25) is 5.95 Å². The van der Waals surface area contributed by atoms with E-state index in [-0.39, 0.29) is 0 Å². The molecule has 1 aliphatic heterocycles.